The van der Waals surface area contributed by atoms with E-state index in [1.165, 1.54) is 6.26 Å². The van der Waals surface area contributed by atoms with E-state index in [2.05, 4.69) is 0 Å². The highest BCUT2D eigenvalue weighted by molar-refractivity contribution is 4.95. The summed E-state index contributed by atoms with van der Waals surface area (Å²) in [4.78, 5) is 0. The molecule has 1 aromatic heterocycles. The van der Waals surface area contributed by atoms with Gasteiger partial charge in [0.25, 0.3) is 0 Å². The third-order valence-corrected chi connectivity index (χ3v) is 1.30. The summed E-state index contributed by atoms with van der Waals surface area (Å²) in [5.74, 6) is 0.611. The van der Waals surface area contributed by atoms with Crippen LogP contribution < -0.4 is 0 Å². The van der Waals surface area contributed by atoms with E-state index >= 15 is 0 Å². The van der Waals surface area contributed by atoms with Crippen molar-refractivity contribution in [3.8, 4) is 0 Å². The lowest BCUT2D eigenvalue weighted by Gasteiger charge is -1.85. The minimum absolute atomic E-state index is 0.00694. The number of rotatable bonds is 4. The summed E-state index contributed by atoms with van der Waals surface area (Å²) in [5.41, 5.74) is 0. The predicted molar refractivity (Wildman–Crippen MR) is 48.0 cm³/mol. The Bertz CT molecular complexity index is 168. The van der Waals surface area contributed by atoms with E-state index in [0.29, 0.717) is 5.76 Å². The molecule has 13 heavy (non-hydrogen) atoms. The molecular formula is C9H16O4. The molecule has 0 aliphatic carbocycles. The number of hydrogen-bond donors (Lipinski definition) is 3. The first-order valence-electron chi connectivity index (χ1n) is 4.20. The van der Waals surface area contributed by atoms with Crippen molar-refractivity contribution in [3.63, 3.8) is 0 Å². The zero-order valence-electron chi connectivity index (χ0n) is 7.52. The van der Waals surface area contributed by atoms with Crippen molar-refractivity contribution in [2.45, 2.75) is 19.4 Å². The zero-order chi connectivity index (χ0) is 9.94. The van der Waals surface area contributed by atoms with Gasteiger partial charge in [0, 0.05) is 13.2 Å². The van der Waals surface area contributed by atoms with Crippen LogP contribution in [0.4, 0.5) is 0 Å². The first-order valence-corrected chi connectivity index (χ1v) is 4.20. The largest absolute Gasteiger partial charge is 0.467 e. The summed E-state index contributed by atoms with van der Waals surface area (Å²) in [7, 11) is 0. The molecule has 0 amide bonds. The van der Waals surface area contributed by atoms with E-state index in [1.54, 1.807) is 12.1 Å². The summed E-state index contributed by atoms with van der Waals surface area (Å²) in [6.07, 6.45) is 2.97. The molecule has 0 atom stereocenters. The number of aliphatic hydroxyl groups excluding tert-OH is 3. The monoisotopic (exact) mass is 188 g/mol. The smallest absolute Gasteiger partial charge is 0.129 e. The molecule has 0 unspecified atom stereocenters. The van der Waals surface area contributed by atoms with Crippen LogP contribution in [0.1, 0.15) is 18.6 Å². The minimum Gasteiger partial charge on any atom is -0.467 e. The van der Waals surface area contributed by atoms with E-state index in [1.807, 2.05) is 0 Å². The highest BCUT2D eigenvalue weighted by Crippen LogP contribution is 1.96. The van der Waals surface area contributed by atoms with Crippen LogP contribution in [-0.2, 0) is 6.61 Å². The number of furan rings is 1. The Morgan fingerprint density at radius 3 is 1.92 bits per heavy atom. The standard InChI is InChI=1S/C5H6O2.C4H10O2/c6-4-5-2-1-3-7-5;5-3-1-2-4-6/h1-3,6H,4H2;5-6H,1-4H2. The summed E-state index contributed by atoms with van der Waals surface area (Å²) in [5, 5.41) is 24.5. The lowest BCUT2D eigenvalue weighted by atomic mass is 10.3. The van der Waals surface area contributed by atoms with Crippen molar-refractivity contribution in [1.29, 1.82) is 0 Å². The Morgan fingerprint density at radius 1 is 1.08 bits per heavy atom. The molecule has 0 fully saturated rings. The van der Waals surface area contributed by atoms with Gasteiger partial charge in [0.1, 0.15) is 12.4 Å². The SMILES string of the molecule is OCCCCO.OCc1ccco1. The lowest BCUT2D eigenvalue weighted by molar-refractivity contribution is 0.242. The van der Waals surface area contributed by atoms with Gasteiger partial charge in [0.15, 0.2) is 0 Å². The maximum atomic E-state index is 8.33. The molecule has 0 saturated carbocycles. The van der Waals surface area contributed by atoms with Gasteiger partial charge in [-0.05, 0) is 25.0 Å². The van der Waals surface area contributed by atoms with Gasteiger partial charge in [0.05, 0.1) is 6.26 Å². The molecule has 3 N–H and O–H groups in total. The van der Waals surface area contributed by atoms with Crippen molar-refractivity contribution in [3.05, 3.63) is 24.2 Å². The average molecular weight is 188 g/mol. The average Bonchev–Trinajstić information content (AvgIpc) is 2.68. The van der Waals surface area contributed by atoms with Gasteiger partial charge in [0.2, 0.25) is 0 Å². The van der Waals surface area contributed by atoms with E-state index in [9.17, 15) is 0 Å². The normalized spacial score (nSPS) is 9.15. The van der Waals surface area contributed by atoms with Gasteiger partial charge in [-0.15, -0.1) is 0 Å². The van der Waals surface area contributed by atoms with Gasteiger partial charge in [-0.25, -0.2) is 0 Å². The highest BCUT2D eigenvalue weighted by atomic mass is 16.4. The Morgan fingerprint density at radius 2 is 1.69 bits per heavy atom. The van der Waals surface area contributed by atoms with Crippen LogP contribution in [-0.4, -0.2) is 28.5 Å². The second kappa shape index (κ2) is 9.25. The lowest BCUT2D eigenvalue weighted by Crippen LogP contribution is -1.85. The minimum atomic E-state index is -0.00694. The Kier molecular flexibility index (Phi) is 8.65. The van der Waals surface area contributed by atoms with Crippen LogP contribution in [0.2, 0.25) is 0 Å². The summed E-state index contributed by atoms with van der Waals surface area (Å²) in [6, 6.07) is 3.46. The fourth-order valence-electron chi connectivity index (χ4n) is 0.626. The molecule has 0 radical (unpaired) electrons. The van der Waals surface area contributed by atoms with E-state index < -0.39 is 0 Å². The Balaban J connectivity index is 0.000000226. The van der Waals surface area contributed by atoms with Crippen molar-refractivity contribution < 1.29 is 19.7 Å². The van der Waals surface area contributed by atoms with Crippen LogP contribution in [0.5, 0.6) is 0 Å². The van der Waals surface area contributed by atoms with Gasteiger partial charge < -0.3 is 19.7 Å². The molecule has 76 valence electrons. The molecule has 1 rings (SSSR count). The van der Waals surface area contributed by atoms with Crippen LogP contribution in [0.15, 0.2) is 22.8 Å². The van der Waals surface area contributed by atoms with Gasteiger partial charge in [-0.2, -0.15) is 0 Å². The molecule has 4 heteroatoms. The summed E-state index contributed by atoms with van der Waals surface area (Å²) in [6.45, 7) is 0.383. The predicted octanol–water partition coefficient (Wildman–Crippen LogP) is 0.523. The number of hydrogen-bond acceptors (Lipinski definition) is 4. The van der Waals surface area contributed by atoms with Crippen molar-refractivity contribution >= 4 is 0 Å². The first-order chi connectivity index (χ1) is 6.35. The molecule has 4 nitrogen and oxygen atoms in total. The molecular weight excluding hydrogens is 172 g/mol. The fraction of sp³-hybridized carbons (Fsp3) is 0.556. The van der Waals surface area contributed by atoms with Crippen LogP contribution in [0.25, 0.3) is 0 Å². The molecule has 1 heterocycles. The van der Waals surface area contributed by atoms with E-state index in [4.69, 9.17) is 19.7 Å². The van der Waals surface area contributed by atoms with Crippen LogP contribution in [0.3, 0.4) is 0 Å². The first kappa shape index (κ1) is 12.2. The quantitative estimate of drug-likeness (QED) is 0.602. The molecule has 0 aliphatic rings. The summed E-state index contributed by atoms with van der Waals surface area (Å²) < 4.78 is 4.73. The number of unbranched alkanes of at least 4 members (excludes halogenated alkanes) is 1. The number of aliphatic hydroxyl groups is 3. The second-order valence-corrected chi connectivity index (χ2v) is 2.39. The third-order valence-electron chi connectivity index (χ3n) is 1.30. The van der Waals surface area contributed by atoms with Crippen molar-refractivity contribution in [1.82, 2.24) is 0 Å². The van der Waals surface area contributed by atoms with Crippen LogP contribution >= 0.6 is 0 Å². The van der Waals surface area contributed by atoms with Crippen molar-refractivity contribution in [2.24, 2.45) is 0 Å². The maximum absolute atomic E-state index is 8.33. The zero-order valence-corrected chi connectivity index (χ0v) is 7.52. The van der Waals surface area contributed by atoms with Crippen molar-refractivity contribution in [2.75, 3.05) is 13.2 Å². The molecule has 1 aromatic rings. The summed E-state index contributed by atoms with van der Waals surface area (Å²) >= 11 is 0. The fourth-order valence-corrected chi connectivity index (χ4v) is 0.626. The molecule has 0 bridgehead atoms. The topological polar surface area (TPSA) is 73.8 Å². The maximum Gasteiger partial charge on any atom is 0.129 e. The molecule has 0 spiro atoms. The van der Waals surface area contributed by atoms with E-state index in [0.717, 1.165) is 12.8 Å². The van der Waals surface area contributed by atoms with Gasteiger partial charge in [-0.3, -0.25) is 0 Å². The van der Waals surface area contributed by atoms with Crippen LogP contribution in [0, 0.1) is 0 Å². The molecule has 0 saturated heterocycles. The Labute approximate surface area is 77.4 Å². The van der Waals surface area contributed by atoms with E-state index in [-0.39, 0.29) is 19.8 Å². The molecule has 0 aliphatic heterocycles. The second-order valence-electron chi connectivity index (χ2n) is 2.39. The highest BCUT2D eigenvalue weighted by Gasteiger charge is 1.85. The third kappa shape index (κ3) is 7.52. The van der Waals surface area contributed by atoms with Gasteiger partial charge in [-0.1, -0.05) is 0 Å². The molecule has 0 aromatic carbocycles. The van der Waals surface area contributed by atoms with Gasteiger partial charge >= 0.3 is 0 Å². The Hall–Kier alpha value is -0.840.